The molecule has 0 unspecified atom stereocenters. The molecule has 2 amide bonds. The molecule has 0 bridgehead atoms. The molecule has 0 aliphatic carbocycles. The zero-order valence-corrected chi connectivity index (χ0v) is 23.4. The first-order valence-corrected chi connectivity index (χ1v) is 14.0. The zero-order valence-electron chi connectivity index (χ0n) is 20.3. The molecule has 0 aliphatic rings. The second-order valence-electron chi connectivity index (χ2n) is 8.04. The van der Waals surface area contributed by atoms with E-state index in [2.05, 4.69) is 25.8 Å². The molecule has 2 heterocycles. The number of rotatable bonds is 9. The Bertz CT molecular complexity index is 1420. The number of halogens is 2. The summed E-state index contributed by atoms with van der Waals surface area (Å²) in [6.45, 7) is 6.33. The number of aromatic nitrogens is 4. The Morgan fingerprint density at radius 2 is 1.86 bits per heavy atom. The van der Waals surface area contributed by atoms with Gasteiger partial charge in [0.15, 0.2) is 16.1 Å². The molecule has 0 radical (unpaired) electrons. The Balaban J connectivity index is 1.37. The molecule has 2 aromatic heterocycles. The summed E-state index contributed by atoms with van der Waals surface area (Å²) in [6.07, 6.45) is 0. The summed E-state index contributed by atoms with van der Waals surface area (Å²) in [5, 5.41) is 16.1. The molecule has 37 heavy (non-hydrogen) atoms. The Kier molecular flexibility index (Phi) is 8.86. The lowest BCUT2D eigenvalue weighted by atomic mass is 10.1. The predicted molar refractivity (Wildman–Crippen MR) is 150 cm³/mol. The minimum absolute atomic E-state index is 0.140. The molecule has 192 valence electrons. The first-order valence-electron chi connectivity index (χ1n) is 11.4. The van der Waals surface area contributed by atoms with Crippen molar-refractivity contribution >= 4 is 63.2 Å². The average Bonchev–Trinajstić information content (AvgIpc) is 3.47. The van der Waals surface area contributed by atoms with Gasteiger partial charge in [-0.2, -0.15) is 0 Å². The largest absolute Gasteiger partial charge is 0.342 e. The van der Waals surface area contributed by atoms with Crippen LogP contribution in [0.2, 0.25) is 10.0 Å². The fraction of sp³-hybridized carbons (Fsp3) is 0.240. The monoisotopic (exact) mass is 574 g/mol. The highest BCUT2D eigenvalue weighted by Gasteiger charge is 2.21. The highest BCUT2D eigenvalue weighted by Crippen LogP contribution is 2.30. The van der Waals surface area contributed by atoms with Gasteiger partial charge in [-0.3, -0.25) is 9.59 Å². The van der Waals surface area contributed by atoms with Crippen molar-refractivity contribution in [2.45, 2.75) is 38.5 Å². The van der Waals surface area contributed by atoms with Gasteiger partial charge < -0.3 is 15.2 Å². The number of nitrogens with one attached hydrogen (secondary N) is 2. The van der Waals surface area contributed by atoms with Crippen LogP contribution < -0.4 is 10.6 Å². The summed E-state index contributed by atoms with van der Waals surface area (Å²) in [4.78, 5) is 30.9. The first-order chi connectivity index (χ1) is 17.8. The van der Waals surface area contributed by atoms with E-state index in [0.29, 0.717) is 38.3 Å². The van der Waals surface area contributed by atoms with Gasteiger partial charge in [-0.05, 0) is 39.0 Å². The molecule has 0 saturated carbocycles. The van der Waals surface area contributed by atoms with Crippen LogP contribution in [0.5, 0.6) is 0 Å². The van der Waals surface area contributed by atoms with Crippen molar-refractivity contribution in [3.8, 4) is 11.3 Å². The number of thiazole rings is 1. The SMILES string of the molecule is CCn1c(SCC(=O)Nc2nc(-c3ccccc3)c(C)s2)nnc1[C@@H](C)NC(=O)c1ccc(Cl)c(Cl)c1. The van der Waals surface area contributed by atoms with Crippen LogP contribution >= 0.6 is 46.3 Å². The fourth-order valence-electron chi connectivity index (χ4n) is 3.61. The lowest BCUT2D eigenvalue weighted by molar-refractivity contribution is -0.113. The Hall–Kier alpha value is -2.92. The summed E-state index contributed by atoms with van der Waals surface area (Å²) >= 11 is 14.7. The number of hydrogen-bond acceptors (Lipinski definition) is 7. The van der Waals surface area contributed by atoms with Gasteiger partial charge in [-0.25, -0.2) is 4.98 Å². The summed E-state index contributed by atoms with van der Waals surface area (Å²) in [5.74, 6) is 0.230. The van der Waals surface area contributed by atoms with E-state index < -0.39 is 6.04 Å². The summed E-state index contributed by atoms with van der Waals surface area (Å²) in [6, 6.07) is 14.1. The van der Waals surface area contributed by atoms with Crippen LogP contribution in [0.4, 0.5) is 5.13 Å². The van der Waals surface area contributed by atoms with Gasteiger partial charge in [0, 0.05) is 22.5 Å². The Morgan fingerprint density at radius 3 is 2.57 bits per heavy atom. The van der Waals surface area contributed by atoms with Gasteiger partial charge >= 0.3 is 0 Å². The number of anilines is 1. The highest BCUT2D eigenvalue weighted by molar-refractivity contribution is 7.99. The minimum atomic E-state index is -0.424. The second kappa shape index (κ2) is 12.1. The molecule has 0 saturated heterocycles. The molecule has 1 atom stereocenters. The maximum absolute atomic E-state index is 12.7. The molecule has 12 heteroatoms. The lowest BCUT2D eigenvalue weighted by Gasteiger charge is -2.15. The highest BCUT2D eigenvalue weighted by atomic mass is 35.5. The summed E-state index contributed by atoms with van der Waals surface area (Å²) in [7, 11) is 0. The standard InChI is InChI=1S/C25H24Cl2N6O2S2/c1-4-33-22(14(2)28-23(35)17-10-11-18(26)19(27)12-17)31-32-25(33)36-13-20(34)29-24-30-21(15(3)37-24)16-8-6-5-7-9-16/h5-12,14H,4,13H2,1-3H3,(H,28,35)(H,29,30,34)/t14-/m1/s1. The molecule has 4 rings (SSSR count). The number of carbonyl (C=O) groups excluding carboxylic acids is 2. The second-order valence-corrected chi connectivity index (χ2v) is 11.0. The van der Waals surface area contributed by atoms with E-state index >= 15 is 0 Å². The molecule has 2 N–H and O–H groups in total. The molecular formula is C25H24Cl2N6O2S2. The van der Waals surface area contributed by atoms with E-state index in [4.69, 9.17) is 23.2 Å². The van der Waals surface area contributed by atoms with E-state index in [1.807, 2.05) is 55.7 Å². The molecule has 0 aliphatic heterocycles. The number of thioether (sulfide) groups is 1. The van der Waals surface area contributed by atoms with Crippen LogP contribution in [0.3, 0.4) is 0 Å². The predicted octanol–water partition coefficient (Wildman–Crippen LogP) is 6.26. The van der Waals surface area contributed by atoms with Gasteiger partial charge in [0.25, 0.3) is 5.91 Å². The normalized spacial score (nSPS) is 11.8. The van der Waals surface area contributed by atoms with Crippen LogP contribution in [-0.4, -0.2) is 37.3 Å². The van der Waals surface area contributed by atoms with Crippen molar-refractivity contribution in [2.24, 2.45) is 0 Å². The smallest absolute Gasteiger partial charge is 0.251 e. The summed E-state index contributed by atoms with van der Waals surface area (Å²) < 4.78 is 1.87. The number of carbonyl (C=O) groups is 2. The lowest BCUT2D eigenvalue weighted by Crippen LogP contribution is -2.28. The van der Waals surface area contributed by atoms with Gasteiger partial charge in [-0.1, -0.05) is 65.3 Å². The number of benzene rings is 2. The van der Waals surface area contributed by atoms with Crippen LogP contribution in [0.1, 0.15) is 40.9 Å². The Morgan fingerprint density at radius 1 is 1.11 bits per heavy atom. The summed E-state index contributed by atoms with van der Waals surface area (Å²) in [5.41, 5.74) is 2.26. The third-order valence-corrected chi connectivity index (χ3v) is 7.99. The van der Waals surface area contributed by atoms with Crippen molar-refractivity contribution in [1.82, 2.24) is 25.1 Å². The maximum atomic E-state index is 12.7. The van der Waals surface area contributed by atoms with E-state index in [1.165, 1.54) is 29.2 Å². The van der Waals surface area contributed by atoms with Gasteiger partial charge in [-0.15, -0.1) is 21.5 Å². The maximum Gasteiger partial charge on any atom is 0.251 e. The van der Waals surface area contributed by atoms with Gasteiger partial charge in [0.05, 0.1) is 27.5 Å². The Labute approximate surface area is 232 Å². The minimum Gasteiger partial charge on any atom is -0.342 e. The molecule has 2 aromatic carbocycles. The van der Waals surface area contributed by atoms with Gasteiger partial charge in [0.2, 0.25) is 5.91 Å². The number of hydrogen-bond donors (Lipinski definition) is 2. The topological polar surface area (TPSA) is 102 Å². The number of aryl methyl sites for hydroxylation is 1. The average molecular weight is 576 g/mol. The third-order valence-electron chi connectivity index (χ3n) is 5.40. The van der Waals surface area contributed by atoms with Crippen LogP contribution in [0.15, 0.2) is 53.7 Å². The van der Waals surface area contributed by atoms with Crippen molar-refractivity contribution in [2.75, 3.05) is 11.1 Å². The molecule has 4 aromatic rings. The molecular weight excluding hydrogens is 551 g/mol. The van der Waals surface area contributed by atoms with Gasteiger partial charge in [0.1, 0.15) is 0 Å². The number of nitrogens with zero attached hydrogens (tertiary/aromatic N) is 4. The third kappa shape index (κ3) is 6.51. The molecule has 0 spiro atoms. The van der Waals surface area contributed by atoms with Crippen LogP contribution in [0.25, 0.3) is 11.3 Å². The zero-order chi connectivity index (χ0) is 26.5. The molecule has 0 fully saturated rings. The van der Waals surface area contributed by atoms with E-state index in [-0.39, 0.29) is 17.6 Å². The van der Waals surface area contributed by atoms with E-state index in [9.17, 15) is 9.59 Å². The van der Waals surface area contributed by atoms with Crippen molar-refractivity contribution in [3.05, 3.63) is 74.8 Å². The van der Waals surface area contributed by atoms with Crippen LogP contribution in [0, 0.1) is 6.92 Å². The van der Waals surface area contributed by atoms with Crippen molar-refractivity contribution in [1.29, 1.82) is 0 Å². The van der Waals surface area contributed by atoms with Crippen LogP contribution in [-0.2, 0) is 11.3 Å². The molecule has 8 nitrogen and oxygen atoms in total. The number of amides is 2. The van der Waals surface area contributed by atoms with Crippen molar-refractivity contribution < 1.29 is 9.59 Å². The fourth-order valence-corrected chi connectivity index (χ4v) is 5.56. The van der Waals surface area contributed by atoms with E-state index in [0.717, 1.165) is 16.1 Å². The van der Waals surface area contributed by atoms with Crippen molar-refractivity contribution in [3.63, 3.8) is 0 Å². The van der Waals surface area contributed by atoms with E-state index in [1.54, 1.807) is 12.1 Å². The first kappa shape index (κ1) is 27.1. The quantitative estimate of drug-likeness (QED) is 0.229.